The molecule has 0 bridgehead atoms. The van der Waals surface area contributed by atoms with E-state index in [9.17, 15) is 34.8 Å². The maximum absolute atomic E-state index is 11.1. The van der Waals surface area contributed by atoms with Crippen molar-refractivity contribution in [2.75, 3.05) is 6.61 Å². The van der Waals surface area contributed by atoms with Crippen molar-refractivity contribution in [3.05, 3.63) is 0 Å². The second kappa shape index (κ2) is 13.0. The van der Waals surface area contributed by atoms with Crippen LogP contribution in [0.5, 0.6) is 0 Å². The van der Waals surface area contributed by atoms with Crippen molar-refractivity contribution in [1.29, 1.82) is 0 Å². The van der Waals surface area contributed by atoms with Crippen molar-refractivity contribution in [2.45, 2.75) is 80.9 Å². The average Bonchev–Trinajstić information content (AvgIpc) is 2.72. The molecule has 1 aliphatic heterocycles. The van der Waals surface area contributed by atoms with Gasteiger partial charge in [-0.2, -0.15) is 0 Å². The number of hydrogen-bond donors (Lipinski definition) is 11. The molecule has 1 amide bonds. The molecule has 15 nitrogen and oxygen atoms in total. The molecule has 1 saturated heterocycles. The van der Waals surface area contributed by atoms with Gasteiger partial charge in [0.1, 0.15) is 36.6 Å². The fourth-order valence-electron chi connectivity index (χ4n) is 2.70. The lowest BCUT2D eigenvalue weighted by molar-refractivity contribution is -0.295. The average molecular weight is 473 g/mol. The molecule has 10 atom stereocenters. The Morgan fingerprint density at radius 3 is 2.06 bits per heavy atom. The highest BCUT2D eigenvalue weighted by Crippen LogP contribution is 2.30. The summed E-state index contributed by atoms with van der Waals surface area (Å²) in [5.74, 6) is -5.17. The first kappa shape index (κ1) is 30.2. The molecule has 1 fully saturated rings. The summed E-state index contributed by atoms with van der Waals surface area (Å²) in [5.41, 5.74) is 0. The van der Waals surface area contributed by atoms with Gasteiger partial charge in [-0.25, -0.2) is 4.79 Å². The number of nitrogens with one attached hydrogen (secondary N) is 1. The van der Waals surface area contributed by atoms with Crippen molar-refractivity contribution in [3.8, 4) is 0 Å². The second-order valence-electron chi connectivity index (χ2n) is 7.26. The number of aliphatic carboxylic acids is 1. The first-order valence-electron chi connectivity index (χ1n) is 9.36. The Hall–Kier alpha value is -1.79. The topological polar surface area (TPSA) is 275 Å². The Morgan fingerprint density at radius 2 is 1.69 bits per heavy atom. The van der Waals surface area contributed by atoms with Gasteiger partial charge in [0.2, 0.25) is 5.91 Å². The fraction of sp³-hybridized carbons (Fsp3) is 0.824. The van der Waals surface area contributed by atoms with E-state index >= 15 is 0 Å². The zero-order valence-corrected chi connectivity index (χ0v) is 17.3. The van der Waals surface area contributed by atoms with Crippen LogP contribution in [0.15, 0.2) is 0 Å². The van der Waals surface area contributed by atoms with E-state index in [0.29, 0.717) is 0 Å². The van der Waals surface area contributed by atoms with Gasteiger partial charge < -0.3 is 65.9 Å². The van der Waals surface area contributed by atoms with Gasteiger partial charge in [0.05, 0.1) is 24.9 Å². The summed E-state index contributed by atoms with van der Waals surface area (Å²) in [6.07, 6.45) is -13.4. The maximum Gasteiger partial charge on any atom is 0.364 e. The van der Waals surface area contributed by atoms with E-state index in [1.165, 1.54) is 6.92 Å². The number of carbonyl (C=O) groups is 3. The number of amides is 1. The SMILES string of the molecule is CC(=O)N[C@@H]1[C@@H](O)CC(O)(C(=O)O)O[C@H]1C(O)C(O)CO.CC(O)C(O)C(O)C(O)C=O. The maximum atomic E-state index is 11.1. The van der Waals surface area contributed by atoms with Crippen LogP contribution in [0.3, 0.4) is 0 Å². The van der Waals surface area contributed by atoms with Crippen LogP contribution in [0.25, 0.3) is 0 Å². The van der Waals surface area contributed by atoms with E-state index < -0.39 is 85.6 Å². The summed E-state index contributed by atoms with van der Waals surface area (Å²) in [4.78, 5) is 32.0. The minimum absolute atomic E-state index is 0.0935. The molecule has 0 aromatic carbocycles. The first-order valence-corrected chi connectivity index (χ1v) is 9.36. The number of carboxylic acid groups (broad SMARTS) is 1. The van der Waals surface area contributed by atoms with Gasteiger partial charge in [0, 0.05) is 13.3 Å². The van der Waals surface area contributed by atoms with Crippen LogP contribution in [0.2, 0.25) is 0 Å². The predicted molar refractivity (Wildman–Crippen MR) is 101 cm³/mol. The highest BCUT2D eigenvalue weighted by atomic mass is 16.7. The van der Waals surface area contributed by atoms with Crippen molar-refractivity contribution in [2.24, 2.45) is 0 Å². The van der Waals surface area contributed by atoms with E-state index in [2.05, 4.69) is 5.32 Å². The molecular weight excluding hydrogens is 442 g/mol. The van der Waals surface area contributed by atoms with Crippen LogP contribution in [0, 0.1) is 0 Å². The van der Waals surface area contributed by atoms with Crippen LogP contribution < -0.4 is 5.32 Å². The summed E-state index contributed by atoms with van der Waals surface area (Å²) in [5, 5.41) is 94.0. The molecular formula is C17H31NO14. The van der Waals surface area contributed by atoms with Gasteiger partial charge in [0.15, 0.2) is 6.29 Å². The lowest BCUT2D eigenvalue weighted by atomic mass is 9.88. The molecule has 15 heteroatoms. The normalized spacial score (nSPS) is 31.0. The van der Waals surface area contributed by atoms with E-state index in [-0.39, 0.29) is 6.29 Å². The van der Waals surface area contributed by atoms with Crippen molar-refractivity contribution in [3.63, 3.8) is 0 Å². The number of aldehydes is 1. The summed E-state index contributed by atoms with van der Waals surface area (Å²) in [7, 11) is 0. The third-order valence-electron chi connectivity index (χ3n) is 4.54. The molecule has 1 rings (SSSR count). The molecule has 0 aromatic heterocycles. The molecule has 1 aliphatic rings. The van der Waals surface area contributed by atoms with Crippen LogP contribution in [-0.2, 0) is 19.1 Å². The highest BCUT2D eigenvalue weighted by Gasteiger charge is 2.53. The zero-order valence-electron chi connectivity index (χ0n) is 17.3. The highest BCUT2D eigenvalue weighted by molar-refractivity contribution is 5.76. The Labute approximate surface area is 182 Å². The smallest absolute Gasteiger partial charge is 0.364 e. The van der Waals surface area contributed by atoms with Crippen LogP contribution in [0.4, 0.5) is 0 Å². The summed E-state index contributed by atoms with van der Waals surface area (Å²) in [6.45, 7) is 1.50. The second-order valence-corrected chi connectivity index (χ2v) is 7.26. The van der Waals surface area contributed by atoms with Gasteiger partial charge >= 0.3 is 5.97 Å². The van der Waals surface area contributed by atoms with Gasteiger partial charge in [-0.3, -0.25) is 4.79 Å². The van der Waals surface area contributed by atoms with E-state index in [1.54, 1.807) is 0 Å². The molecule has 0 radical (unpaired) electrons. The van der Waals surface area contributed by atoms with Crippen LogP contribution in [0.1, 0.15) is 20.3 Å². The molecule has 0 spiro atoms. The molecule has 188 valence electrons. The number of carboxylic acids is 1. The van der Waals surface area contributed by atoms with Gasteiger partial charge in [-0.05, 0) is 6.92 Å². The Balaban J connectivity index is 0.000000739. The van der Waals surface area contributed by atoms with Crippen LogP contribution in [-0.4, -0.2) is 136 Å². The summed E-state index contributed by atoms with van der Waals surface area (Å²) in [6, 6.07) is -1.27. The number of hydrogen-bond acceptors (Lipinski definition) is 13. The number of ether oxygens (including phenoxy) is 1. The van der Waals surface area contributed by atoms with Gasteiger partial charge in [-0.15, -0.1) is 0 Å². The minimum atomic E-state index is -2.78. The molecule has 11 N–H and O–H groups in total. The predicted octanol–water partition coefficient (Wildman–Crippen LogP) is -6.22. The Bertz CT molecular complexity index is 618. The third-order valence-corrected chi connectivity index (χ3v) is 4.54. The third kappa shape index (κ3) is 8.28. The lowest BCUT2D eigenvalue weighted by Crippen LogP contribution is -2.67. The molecule has 7 unspecified atom stereocenters. The number of rotatable bonds is 9. The van der Waals surface area contributed by atoms with E-state index in [1.807, 2.05) is 0 Å². The quantitative estimate of drug-likeness (QED) is 0.139. The van der Waals surface area contributed by atoms with E-state index in [0.717, 1.165) is 6.92 Å². The summed E-state index contributed by atoms with van der Waals surface area (Å²) >= 11 is 0. The van der Waals surface area contributed by atoms with Crippen molar-refractivity contribution < 1.29 is 70.2 Å². The van der Waals surface area contributed by atoms with Gasteiger partial charge in [-0.1, -0.05) is 0 Å². The number of aliphatic hydroxyl groups is 9. The zero-order chi connectivity index (χ0) is 25.4. The molecule has 1 heterocycles. The van der Waals surface area contributed by atoms with Crippen molar-refractivity contribution in [1.82, 2.24) is 5.32 Å². The number of carbonyl (C=O) groups excluding carboxylic acids is 2. The largest absolute Gasteiger partial charge is 0.477 e. The number of aliphatic hydroxyl groups excluding tert-OH is 8. The van der Waals surface area contributed by atoms with Crippen LogP contribution >= 0.6 is 0 Å². The Morgan fingerprint density at radius 1 is 1.16 bits per heavy atom. The monoisotopic (exact) mass is 473 g/mol. The first-order chi connectivity index (χ1) is 14.6. The molecule has 0 aliphatic carbocycles. The molecule has 0 saturated carbocycles. The standard InChI is InChI=1S/C11H19NO9.C6H12O5/c1-4(14)12-7-5(15)2-11(20,10(18)19)21-9(7)8(17)6(16)3-13;1-3(8)5(10)6(11)4(9)2-7/h5-9,13,15-17,20H,2-3H2,1H3,(H,12,14)(H,18,19);2-6,8-11H,1H3/t5-,6?,7+,8?,9+,11?;/m0./s1. The molecule has 0 aromatic rings. The van der Waals surface area contributed by atoms with E-state index in [4.69, 9.17) is 35.4 Å². The minimum Gasteiger partial charge on any atom is -0.477 e. The fourth-order valence-corrected chi connectivity index (χ4v) is 2.70. The summed E-state index contributed by atoms with van der Waals surface area (Å²) < 4.78 is 4.86. The lowest BCUT2D eigenvalue weighted by Gasteiger charge is -2.44. The van der Waals surface area contributed by atoms with Gasteiger partial charge in [0.25, 0.3) is 5.79 Å². The Kier molecular flexibility index (Phi) is 12.3. The van der Waals surface area contributed by atoms with Crippen molar-refractivity contribution >= 4 is 18.2 Å². The molecule has 32 heavy (non-hydrogen) atoms.